The summed E-state index contributed by atoms with van der Waals surface area (Å²) in [7, 11) is 4.15. The molecule has 0 radical (unpaired) electrons. The van der Waals surface area contributed by atoms with Gasteiger partial charge in [0.15, 0.2) is 0 Å². The molecule has 20 heavy (non-hydrogen) atoms. The fourth-order valence-corrected chi connectivity index (χ4v) is 2.45. The summed E-state index contributed by atoms with van der Waals surface area (Å²) in [6, 6.07) is 17.2. The van der Waals surface area contributed by atoms with Crippen LogP contribution in [0.15, 0.2) is 48.5 Å². The summed E-state index contributed by atoms with van der Waals surface area (Å²) in [4.78, 5) is 6.93. The summed E-state index contributed by atoms with van der Waals surface area (Å²) >= 11 is 0. The minimum Gasteiger partial charge on any atom is -0.318 e. The highest BCUT2D eigenvalue weighted by Gasteiger charge is 2.16. The van der Waals surface area contributed by atoms with Crippen molar-refractivity contribution in [1.82, 2.24) is 15.2 Å². The topological polar surface area (TPSA) is 28.2 Å². The van der Waals surface area contributed by atoms with E-state index in [-0.39, 0.29) is 0 Å². The number of nitrogens with one attached hydrogen (secondary N) is 1. The van der Waals surface area contributed by atoms with Gasteiger partial charge in [-0.25, -0.2) is 0 Å². The van der Waals surface area contributed by atoms with Crippen LogP contribution in [0.2, 0.25) is 0 Å². The number of nitrogens with zero attached hydrogens (tertiary/aromatic N) is 2. The molecule has 0 amide bonds. The number of benzene rings is 1. The van der Waals surface area contributed by atoms with Crippen molar-refractivity contribution in [2.24, 2.45) is 0 Å². The van der Waals surface area contributed by atoms with Gasteiger partial charge < -0.3 is 5.32 Å². The Morgan fingerprint density at radius 1 is 1.10 bits per heavy atom. The molecule has 1 aromatic carbocycles. The number of rotatable bonds is 6. The van der Waals surface area contributed by atoms with Crippen molar-refractivity contribution in [3.63, 3.8) is 0 Å². The highest BCUT2D eigenvalue weighted by molar-refractivity contribution is 5.20. The first-order valence-corrected chi connectivity index (χ1v) is 7.03. The molecule has 0 fully saturated rings. The van der Waals surface area contributed by atoms with Gasteiger partial charge in [0.05, 0.1) is 5.69 Å². The highest BCUT2D eigenvalue weighted by Crippen LogP contribution is 2.20. The largest absolute Gasteiger partial charge is 0.318 e. The molecule has 3 heteroatoms. The zero-order valence-corrected chi connectivity index (χ0v) is 12.5. The standard InChI is InChI=1S/C17H23N3/c1-14-8-7-11-16(19-14)13-20(3)17(12-18-2)15-9-5-4-6-10-15/h4-11,17-18H,12-13H2,1-3H3. The first-order valence-electron chi connectivity index (χ1n) is 7.03. The molecule has 0 bridgehead atoms. The summed E-state index contributed by atoms with van der Waals surface area (Å²) in [5, 5.41) is 3.28. The molecule has 0 aliphatic rings. The third-order valence-corrected chi connectivity index (χ3v) is 3.47. The molecule has 3 nitrogen and oxygen atoms in total. The van der Waals surface area contributed by atoms with Crippen molar-refractivity contribution < 1.29 is 0 Å². The number of likely N-dealkylation sites (N-methyl/N-ethyl adjacent to an activating group) is 2. The Balaban J connectivity index is 2.13. The number of aromatic nitrogens is 1. The number of hydrogen-bond acceptors (Lipinski definition) is 3. The van der Waals surface area contributed by atoms with Crippen molar-refractivity contribution in [3.8, 4) is 0 Å². The monoisotopic (exact) mass is 269 g/mol. The summed E-state index contributed by atoms with van der Waals surface area (Å²) in [5.74, 6) is 0. The fraction of sp³-hybridized carbons (Fsp3) is 0.353. The minimum absolute atomic E-state index is 0.350. The Morgan fingerprint density at radius 3 is 2.50 bits per heavy atom. The van der Waals surface area contributed by atoms with E-state index in [4.69, 9.17) is 0 Å². The molecular weight excluding hydrogens is 246 g/mol. The van der Waals surface area contributed by atoms with E-state index in [0.29, 0.717) is 6.04 Å². The molecule has 0 saturated carbocycles. The van der Waals surface area contributed by atoms with Crippen LogP contribution in [0.4, 0.5) is 0 Å². The van der Waals surface area contributed by atoms with Crippen LogP contribution < -0.4 is 5.32 Å². The Bertz CT molecular complexity index is 525. The molecule has 0 aliphatic carbocycles. The van der Waals surface area contributed by atoms with Gasteiger partial charge in [-0.15, -0.1) is 0 Å². The molecule has 2 rings (SSSR count). The Kier molecular flexibility index (Phi) is 5.27. The third-order valence-electron chi connectivity index (χ3n) is 3.47. The zero-order chi connectivity index (χ0) is 14.4. The van der Waals surface area contributed by atoms with Crippen LogP contribution in [0.3, 0.4) is 0 Å². The maximum Gasteiger partial charge on any atom is 0.0547 e. The Morgan fingerprint density at radius 2 is 1.85 bits per heavy atom. The lowest BCUT2D eigenvalue weighted by atomic mass is 10.1. The van der Waals surface area contributed by atoms with Gasteiger partial charge in [0.1, 0.15) is 0 Å². The van der Waals surface area contributed by atoms with Crippen LogP contribution in [0, 0.1) is 6.92 Å². The van der Waals surface area contributed by atoms with Gasteiger partial charge in [0, 0.05) is 24.8 Å². The van der Waals surface area contributed by atoms with Gasteiger partial charge in [-0.05, 0) is 38.7 Å². The second-order valence-electron chi connectivity index (χ2n) is 5.17. The van der Waals surface area contributed by atoms with Crippen molar-refractivity contribution >= 4 is 0 Å². The van der Waals surface area contributed by atoms with Crippen molar-refractivity contribution in [3.05, 3.63) is 65.5 Å². The number of pyridine rings is 1. The van der Waals surface area contributed by atoms with Crippen molar-refractivity contribution in [1.29, 1.82) is 0 Å². The van der Waals surface area contributed by atoms with Gasteiger partial charge in [-0.1, -0.05) is 36.4 Å². The lowest BCUT2D eigenvalue weighted by molar-refractivity contribution is 0.230. The van der Waals surface area contributed by atoms with E-state index in [2.05, 4.69) is 64.7 Å². The highest BCUT2D eigenvalue weighted by atomic mass is 15.2. The molecule has 1 N–H and O–H groups in total. The summed E-state index contributed by atoms with van der Waals surface area (Å²) < 4.78 is 0. The molecule has 0 saturated heterocycles. The molecule has 106 valence electrons. The lowest BCUT2D eigenvalue weighted by Crippen LogP contribution is -2.32. The van der Waals surface area contributed by atoms with E-state index >= 15 is 0 Å². The quantitative estimate of drug-likeness (QED) is 0.874. The van der Waals surface area contributed by atoms with Crippen LogP contribution >= 0.6 is 0 Å². The maximum absolute atomic E-state index is 4.59. The van der Waals surface area contributed by atoms with Gasteiger partial charge in [0.25, 0.3) is 0 Å². The molecule has 0 aliphatic heterocycles. The first kappa shape index (κ1) is 14.7. The van der Waals surface area contributed by atoms with Crippen LogP contribution in [0.1, 0.15) is 23.0 Å². The van der Waals surface area contributed by atoms with Crippen LogP contribution in [0.25, 0.3) is 0 Å². The van der Waals surface area contributed by atoms with Gasteiger partial charge in [0.2, 0.25) is 0 Å². The van der Waals surface area contributed by atoms with Gasteiger partial charge >= 0.3 is 0 Å². The number of aryl methyl sites for hydroxylation is 1. The molecule has 1 atom stereocenters. The molecule has 1 unspecified atom stereocenters. The predicted octanol–water partition coefficient (Wildman–Crippen LogP) is 2.78. The maximum atomic E-state index is 4.59. The smallest absolute Gasteiger partial charge is 0.0547 e. The summed E-state index contributed by atoms with van der Waals surface area (Å²) in [5.41, 5.74) is 3.52. The van der Waals surface area contributed by atoms with E-state index in [0.717, 1.165) is 24.5 Å². The minimum atomic E-state index is 0.350. The van der Waals surface area contributed by atoms with E-state index in [1.807, 2.05) is 20.0 Å². The van der Waals surface area contributed by atoms with Crippen LogP contribution in [-0.4, -0.2) is 30.5 Å². The van der Waals surface area contributed by atoms with E-state index in [9.17, 15) is 0 Å². The van der Waals surface area contributed by atoms with E-state index < -0.39 is 0 Å². The Hall–Kier alpha value is -1.71. The first-order chi connectivity index (χ1) is 9.70. The average Bonchev–Trinajstić information content (AvgIpc) is 2.45. The molecule has 1 aromatic heterocycles. The fourth-order valence-electron chi connectivity index (χ4n) is 2.45. The molecular formula is C17H23N3. The van der Waals surface area contributed by atoms with Crippen LogP contribution in [-0.2, 0) is 6.54 Å². The molecule has 1 heterocycles. The van der Waals surface area contributed by atoms with E-state index in [1.54, 1.807) is 0 Å². The predicted molar refractivity (Wildman–Crippen MR) is 83.6 cm³/mol. The normalized spacial score (nSPS) is 12.6. The van der Waals surface area contributed by atoms with Crippen LogP contribution in [0.5, 0.6) is 0 Å². The van der Waals surface area contributed by atoms with Gasteiger partial charge in [-0.2, -0.15) is 0 Å². The third kappa shape index (κ3) is 3.89. The van der Waals surface area contributed by atoms with E-state index in [1.165, 1.54) is 5.56 Å². The second kappa shape index (κ2) is 7.17. The SMILES string of the molecule is CNCC(c1ccccc1)N(C)Cc1cccc(C)n1. The average molecular weight is 269 g/mol. The summed E-state index contributed by atoms with van der Waals surface area (Å²) in [6.45, 7) is 3.81. The van der Waals surface area contributed by atoms with Crippen molar-refractivity contribution in [2.45, 2.75) is 19.5 Å². The lowest BCUT2D eigenvalue weighted by Gasteiger charge is -2.28. The molecule has 0 spiro atoms. The van der Waals surface area contributed by atoms with Gasteiger partial charge in [-0.3, -0.25) is 9.88 Å². The second-order valence-corrected chi connectivity index (χ2v) is 5.17. The number of hydrogen-bond donors (Lipinski definition) is 1. The summed E-state index contributed by atoms with van der Waals surface area (Å²) in [6.07, 6.45) is 0. The molecule has 2 aromatic rings. The zero-order valence-electron chi connectivity index (χ0n) is 12.5. The van der Waals surface area contributed by atoms with Crippen molar-refractivity contribution in [2.75, 3.05) is 20.6 Å². The Labute approximate surface area is 121 Å².